The van der Waals surface area contributed by atoms with E-state index in [1.54, 1.807) is 6.07 Å². The first-order valence-corrected chi connectivity index (χ1v) is 10.3. The summed E-state index contributed by atoms with van der Waals surface area (Å²) in [6, 6.07) is 15.0. The van der Waals surface area contributed by atoms with Crippen LogP contribution in [0, 0.1) is 6.92 Å². The molecule has 9 heteroatoms. The predicted octanol–water partition coefficient (Wildman–Crippen LogP) is 3.67. The third kappa shape index (κ3) is 4.55. The van der Waals surface area contributed by atoms with Crippen molar-refractivity contribution in [1.82, 2.24) is 20.1 Å². The van der Waals surface area contributed by atoms with Crippen molar-refractivity contribution in [2.75, 3.05) is 11.1 Å². The maximum atomic E-state index is 13.2. The number of carbonyl (C=O) groups is 2. The van der Waals surface area contributed by atoms with Gasteiger partial charge in [0.2, 0.25) is 0 Å². The molecule has 2 aromatic heterocycles. The van der Waals surface area contributed by atoms with Crippen molar-refractivity contribution in [3.63, 3.8) is 0 Å². The van der Waals surface area contributed by atoms with Crippen LogP contribution in [0.25, 0.3) is 10.9 Å². The lowest BCUT2D eigenvalue weighted by atomic mass is 10.1. The fourth-order valence-corrected chi connectivity index (χ4v) is 3.64. The summed E-state index contributed by atoms with van der Waals surface area (Å²) >= 11 is 6.07. The average molecular weight is 449 g/mol. The Balaban J connectivity index is 1.60. The Morgan fingerprint density at radius 1 is 1.12 bits per heavy atom. The van der Waals surface area contributed by atoms with Crippen molar-refractivity contribution in [1.29, 1.82) is 0 Å². The van der Waals surface area contributed by atoms with Gasteiger partial charge in [0.1, 0.15) is 5.82 Å². The number of aromatic amines is 1. The molecule has 0 aliphatic rings. The van der Waals surface area contributed by atoms with Gasteiger partial charge in [0.05, 0.1) is 29.0 Å². The number of hydrogen-bond acceptors (Lipinski definition) is 5. The Bertz CT molecular complexity index is 1290. The van der Waals surface area contributed by atoms with Gasteiger partial charge in [-0.05, 0) is 35.7 Å². The number of aromatic nitrogens is 3. The molecule has 0 saturated carbocycles. The number of nitrogens with zero attached hydrogens (tertiary/aromatic N) is 3. The fourth-order valence-electron chi connectivity index (χ4n) is 3.41. The molecule has 0 saturated heterocycles. The van der Waals surface area contributed by atoms with Gasteiger partial charge >= 0.3 is 11.8 Å². The van der Waals surface area contributed by atoms with Gasteiger partial charge in [0.25, 0.3) is 0 Å². The van der Waals surface area contributed by atoms with Crippen molar-refractivity contribution in [3.8, 4) is 0 Å². The topological polar surface area (TPSA) is 117 Å². The second-order valence-electron chi connectivity index (χ2n) is 7.39. The smallest absolute Gasteiger partial charge is 0.314 e. The van der Waals surface area contributed by atoms with E-state index in [1.165, 1.54) is 17.3 Å². The van der Waals surface area contributed by atoms with E-state index in [2.05, 4.69) is 20.5 Å². The molecule has 0 atom stereocenters. The predicted molar refractivity (Wildman–Crippen MR) is 124 cm³/mol. The Hall–Kier alpha value is -3.91. The molecular formula is C23H21ClN6O2. The van der Waals surface area contributed by atoms with Gasteiger partial charge in [-0.2, -0.15) is 5.10 Å². The molecule has 0 bridgehead atoms. The zero-order chi connectivity index (χ0) is 22.7. The number of aryl methyl sites for hydroxylation is 1. The quantitative estimate of drug-likeness (QED) is 0.403. The number of H-pyrrole nitrogens is 1. The molecule has 0 aliphatic heterocycles. The maximum Gasteiger partial charge on any atom is 0.314 e. The maximum absolute atomic E-state index is 13.2. The summed E-state index contributed by atoms with van der Waals surface area (Å²) in [5.41, 5.74) is 9.41. The molecule has 0 unspecified atom stereocenters. The Morgan fingerprint density at radius 3 is 2.66 bits per heavy atom. The highest BCUT2D eigenvalue weighted by atomic mass is 35.5. The lowest BCUT2D eigenvalue weighted by Gasteiger charge is -2.23. The summed E-state index contributed by atoms with van der Waals surface area (Å²) in [7, 11) is 0. The Kier molecular flexibility index (Phi) is 6.04. The van der Waals surface area contributed by atoms with Crippen LogP contribution in [0.5, 0.6) is 0 Å². The van der Waals surface area contributed by atoms with Crippen molar-refractivity contribution in [3.05, 3.63) is 82.6 Å². The summed E-state index contributed by atoms with van der Waals surface area (Å²) < 4.78 is 0. The number of pyridine rings is 1. The molecule has 8 nitrogen and oxygen atoms in total. The monoisotopic (exact) mass is 448 g/mol. The first-order valence-electron chi connectivity index (χ1n) is 9.89. The van der Waals surface area contributed by atoms with Gasteiger partial charge in [-0.25, -0.2) is 4.98 Å². The third-order valence-corrected chi connectivity index (χ3v) is 5.36. The van der Waals surface area contributed by atoms with Crippen molar-refractivity contribution >= 4 is 45.8 Å². The van der Waals surface area contributed by atoms with E-state index >= 15 is 0 Å². The van der Waals surface area contributed by atoms with E-state index < -0.39 is 11.8 Å². The molecule has 162 valence electrons. The fraction of sp³-hybridized carbons (Fsp3) is 0.130. The normalized spacial score (nSPS) is 10.8. The minimum atomic E-state index is -0.782. The van der Waals surface area contributed by atoms with Crippen LogP contribution in [0.4, 0.5) is 11.5 Å². The standard InChI is InChI=1S/C23H21ClN6O2/c1-14-9-17(24)8-7-16(14)13-30(12-15-5-3-2-4-6-15)23(32)22(31)28-19-11-26-21(25)18-10-27-29-20(18)19/h2-11H,12-13H2,1H3,(H2,25,26)(H,27,29)(H,28,31). The number of benzene rings is 2. The highest BCUT2D eigenvalue weighted by Gasteiger charge is 2.24. The molecule has 0 radical (unpaired) electrons. The molecule has 0 aliphatic carbocycles. The number of hydrogen-bond donors (Lipinski definition) is 3. The third-order valence-electron chi connectivity index (χ3n) is 5.13. The summed E-state index contributed by atoms with van der Waals surface area (Å²) in [4.78, 5) is 31.7. The van der Waals surface area contributed by atoms with Gasteiger partial charge in [-0.1, -0.05) is 48.0 Å². The number of rotatable bonds is 5. The van der Waals surface area contributed by atoms with Crippen molar-refractivity contribution < 1.29 is 9.59 Å². The molecule has 4 rings (SSSR count). The van der Waals surface area contributed by atoms with Crippen LogP contribution in [0.3, 0.4) is 0 Å². The van der Waals surface area contributed by atoms with E-state index in [-0.39, 0.29) is 18.9 Å². The van der Waals surface area contributed by atoms with Crippen molar-refractivity contribution in [2.24, 2.45) is 0 Å². The van der Waals surface area contributed by atoms with E-state index in [0.29, 0.717) is 21.6 Å². The lowest BCUT2D eigenvalue weighted by Crippen LogP contribution is -2.39. The first-order chi connectivity index (χ1) is 15.4. The number of amides is 2. The molecule has 0 spiro atoms. The minimum absolute atomic E-state index is 0.254. The number of nitrogens with one attached hydrogen (secondary N) is 2. The Labute approximate surface area is 189 Å². The van der Waals surface area contributed by atoms with E-state index in [1.807, 2.05) is 49.4 Å². The highest BCUT2D eigenvalue weighted by Crippen LogP contribution is 2.24. The molecule has 2 amide bonds. The highest BCUT2D eigenvalue weighted by molar-refractivity contribution is 6.40. The lowest BCUT2D eigenvalue weighted by molar-refractivity contribution is -0.144. The number of nitrogen functional groups attached to an aromatic ring is 1. The number of nitrogens with two attached hydrogens (primary N) is 1. The summed E-state index contributed by atoms with van der Waals surface area (Å²) in [6.45, 7) is 2.44. The second-order valence-corrected chi connectivity index (χ2v) is 7.82. The molecular weight excluding hydrogens is 428 g/mol. The number of anilines is 2. The largest absolute Gasteiger partial charge is 0.383 e. The van der Waals surface area contributed by atoms with Crippen LogP contribution < -0.4 is 11.1 Å². The van der Waals surface area contributed by atoms with E-state index in [0.717, 1.165) is 16.7 Å². The van der Waals surface area contributed by atoms with Crippen LogP contribution >= 0.6 is 11.6 Å². The zero-order valence-electron chi connectivity index (χ0n) is 17.3. The minimum Gasteiger partial charge on any atom is -0.383 e. The first kappa shape index (κ1) is 21.3. The van der Waals surface area contributed by atoms with Crippen LogP contribution in [0.15, 0.2) is 60.9 Å². The van der Waals surface area contributed by atoms with Gasteiger partial charge in [0.15, 0.2) is 0 Å². The second kappa shape index (κ2) is 9.07. The van der Waals surface area contributed by atoms with Gasteiger partial charge < -0.3 is 16.0 Å². The summed E-state index contributed by atoms with van der Waals surface area (Å²) in [5, 5.41) is 10.5. The van der Waals surface area contributed by atoms with E-state index in [4.69, 9.17) is 17.3 Å². The van der Waals surface area contributed by atoms with Crippen LogP contribution in [-0.4, -0.2) is 31.9 Å². The van der Waals surface area contributed by atoms with E-state index in [9.17, 15) is 9.59 Å². The van der Waals surface area contributed by atoms with Gasteiger partial charge in [0, 0.05) is 18.1 Å². The molecule has 2 aromatic carbocycles. The number of halogens is 1. The average Bonchev–Trinajstić information content (AvgIpc) is 3.28. The van der Waals surface area contributed by atoms with Crippen LogP contribution in [0.2, 0.25) is 5.02 Å². The Morgan fingerprint density at radius 2 is 1.91 bits per heavy atom. The molecule has 4 aromatic rings. The van der Waals surface area contributed by atoms with Crippen LogP contribution in [-0.2, 0) is 22.7 Å². The molecule has 2 heterocycles. The summed E-state index contributed by atoms with van der Waals surface area (Å²) in [5.74, 6) is -1.18. The number of fused-ring (bicyclic) bond motifs is 1. The summed E-state index contributed by atoms with van der Waals surface area (Å²) in [6.07, 6.45) is 2.91. The van der Waals surface area contributed by atoms with Gasteiger partial charge in [-0.3, -0.25) is 14.7 Å². The zero-order valence-corrected chi connectivity index (χ0v) is 18.1. The molecule has 0 fully saturated rings. The van der Waals surface area contributed by atoms with Gasteiger partial charge in [-0.15, -0.1) is 0 Å². The van der Waals surface area contributed by atoms with Crippen LogP contribution in [0.1, 0.15) is 16.7 Å². The molecule has 4 N–H and O–H groups in total. The number of carbonyl (C=O) groups excluding carboxylic acids is 2. The SMILES string of the molecule is Cc1cc(Cl)ccc1CN(Cc1ccccc1)C(=O)C(=O)Nc1cnc(N)c2cn[nH]c12. The van der Waals surface area contributed by atoms with Crippen molar-refractivity contribution in [2.45, 2.75) is 20.0 Å². The molecule has 32 heavy (non-hydrogen) atoms.